The van der Waals surface area contributed by atoms with Gasteiger partial charge in [0.25, 0.3) is 0 Å². The Morgan fingerprint density at radius 3 is 2.86 bits per heavy atom. The number of nitrogens with zero attached hydrogens (tertiary/aromatic N) is 2. The van der Waals surface area contributed by atoms with Crippen molar-refractivity contribution in [1.82, 2.24) is 4.90 Å². The zero-order valence-corrected chi connectivity index (χ0v) is 12.2. The van der Waals surface area contributed by atoms with Gasteiger partial charge in [-0.05, 0) is 50.5 Å². The van der Waals surface area contributed by atoms with Crippen LogP contribution in [0.5, 0.6) is 0 Å². The third kappa shape index (κ3) is 4.20. The minimum atomic E-state index is -0.380. The molecule has 21 heavy (non-hydrogen) atoms. The van der Waals surface area contributed by atoms with Crippen molar-refractivity contribution in [2.45, 2.75) is 38.3 Å². The van der Waals surface area contributed by atoms with Gasteiger partial charge in [-0.25, -0.2) is 0 Å². The van der Waals surface area contributed by atoms with Crippen LogP contribution in [-0.2, 0) is 4.79 Å². The number of carbonyl (C=O) groups excluding carboxylic acids is 1. The van der Waals surface area contributed by atoms with Gasteiger partial charge in [0, 0.05) is 18.3 Å². The Kier molecular flexibility index (Phi) is 5.18. The zero-order chi connectivity index (χ0) is 15.2. The third-order valence-electron chi connectivity index (χ3n) is 3.77. The maximum absolute atomic E-state index is 12.3. The van der Waals surface area contributed by atoms with Gasteiger partial charge >= 0.3 is 0 Å². The minimum absolute atomic E-state index is 0.0579. The molecule has 0 radical (unpaired) electrons. The number of benzene rings is 1. The lowest BCUT2D eigenvalue weighted by Crippen LogP contribution is -2.40. The summed E-state index contributed by atoms with van der Waals surface area (Å²) in [5.74, 6) is 0.0579. The van der Waals surface area contributed by atoms with E-state index in [0.717, 1.165) is 25.1 Å². The highest BCUT2D eigenvalue weighted by atomic mass is 16.3. The molecule has 1 heterocycles. The lowest BCUT2D eigenvalue weighted by Gasteiger charge is -2.26. The first kappa shape index (κ1) is 15.3. The maximum Gasteiger partial charge on any atom is 0.242 e. The number of amides is 1. The Bertz CT molecular complexity index is 519. The fourth-order valence-electron chi connectivity index (χ4n) is 2.74. The predicted octanol–water partition coefficient (Wildman–Crippen LogP) is 1.73. The van der Waals surface area contributed by atoms with Crippen molar-refractivity contribution in [2.75, 3.05) is 18.4 Å². The van der Waals surface area contributed by atoms with E-state index >= 15 is 0 Å². The van der Waals surface area contributed by atoms with Crippen molar-refractivity contribution in [1.29, 1.82) is 5.26 Å². The summed E-state index contributed by atoms with van der Waals surface area (Å²) in [5.41, 5.74) is 1.43. The Morgan fingerprint density at radius 2 is 2.24 bits per heavy atom. The summed E-state index contributed by atoms with van der Waals surface area (Å²) in [6, 6.07) is 9.25. The molecule has 0 bridgehead atoms. The maximum atomic E-state index is 12.3. The van der Waals surface area contributed by atoms with Crippen LogP contribution in [0.1, 0.15) is 31.7 Å². The smallest absolute Gasteiger partial charge is 0.242 e. The molecule has 0 aromatic heterocycles. The van der Waals surface area contributed by atoms with Gasteiger partial charge in [0.15, 0.2) is 0 Å². The predicted molar refractivity (Wildman–Crippen MR) is 80.7 cm³/mol. The molecule has 2 N–H and O–H groups in total. The van der Waals surface area contributed by atoms with Gasteiger partial charge in [-0.2, -0.15) is 5.26 Å². The fraction of sp³-hybridized carbons (Fsp3) is 0.500. The van der Waals surface area contributed by atoms with E-state index in [1.54, 1.807) is 31.2 Å². The van der Waals surface area contributed by atoms with Gasteiger partial charge in [-0.3, -0.25) is 4.79 Å². The number of anilines is 1. The van der Waals surface area contributed by atoms with Gasteiger partial charge in [0.2, 0.25) is 5.91 Å². The molecule has 2 rings (SSSR count). The van der Waals surface area contributed by atoms with Crippen LogP contribution in [0.2, 0.25) is 0 Å². The number of aliphatic hydroxyl groups excluding tert-OH is 1. The number of nitriles is 1. The van der Waals surface area contributed by atoms with E-state index in [1.807, 2.05) is 4.90 Å². The molecule has 1 fully saturated rings. The van der Waals surface area contributed by atoms with E-state index in [1.165, 1.54) is 0 Å². The molecular weight excluding hydrogens is 266 g/mol. The summed E-state index contributed by atoms with van der Waals surface area (Å²) in [6.07, 6.45) is 2.23. The van der Waals surface area contributed by atoms with Gasteiger partial charge in [-0.1, -0.05) is 0 Å². The SMILES string of the molecule is CC(O)CC1CCCN1C(=O)CNc1ccc(C#N)cc1. The average molecular weight is 287 g/mol. The molecule has 2 atom stereocenters. The van der Waals surface area contributed by atoms with Crippen LogP contribution in [0.25, 0.3) is 0 Å². The second-order valence-electron chi connectivity index (χ2n) is 5.51. The van der Waals surface area contributed by atoms with Crippen LogP contribution in [-0.4, -0.2) is 41.1 Å². The van der Waals surface area contributed by atoms with E-state index in [-0.39, 0.29) is 24.6 Å². The number of hydrogen-bond donors (Lipinski definition) is 2. The molecule has 5 heteroatoms. The van der Waals surface area contributed by atoms with Crippen molar-refractivity contribution in [3.8, 4) is 6.07 Å². The monoisotopic (exact) mass is 287 g/mol. The third-order valence-corrected chi connectivity index (χ3v) is 3.77. The molecule has 112 valence electrons. The van der Waals surface area contributed by atoms with Gasteiger partial charge < -0.3 is 15.3 Å². The molecule has 2 unspecified atom stereocenters. The molecule has 1 aromatic rings. The van der Waals surface area contributed by atoms with Crippen LogP contribution < -0.4 is 5.32 Å². The van der Waals surface area contributed by atoms with Crippen molar-refractivity contribution in [2.24, 2.45) is 0 Å². The summed E-state index contributed by atoms with van der Waals surface area (Å²) in [5, 5.41) is 21.3. The highest BCUT2D eigenvalue weighted by Gasteiger charge is 2.29. The minimum Gasteiger partial charge on any atom is -0.393 e. The Hall–Kier alpha value is -2.06. The van der Waals surface area contributed by atoms with Gasteiger partial charge in [0.05, 0.1) is 24.3 Å². The highest BCUT2D eigenvalue weighted by molar-refractivity contribution is 5.81. The first-order valence-corrected chi connectivity index (χ1v) is 7.31. The second-order valence-corrected chi connectivity index (χ2v) is 5.51. The first-order chi connectivity index (χ1) is 10.1. The molecule has 1 aliphatic heterocycles. The van der Waals surface area contributed by atoms with Crippen LogP contribution >= 0.6 is 0 Å². The van der Waals surface area contributed by atoms with Crippen molar-refractivity contribution >= 4 is 11.6 Å². The molecule has 1 aromatic carbocycles. The Balaban J connectivity index is 1.87. The lowest BCUT2D eigenvalue weighted by molar-refractivity contribution is -0.130. The normalized spacial score (nSPS) is 19.1. The standard InChI is InChI=1S/C16H21N3O2/c1-12(20)9-15-3-2-8-19(15)16(21)11-18-14-6-4-13(10-17)5-7-14/h4-7,12,15,18,20H,2-3,8-9,11H2,1H3. The molecule has 0 spiro atoms. The van der Waals surface area contributed by atoms with E-state index in [4.69, 9.17) is 5.26 Å². The second kappa shape index (κ2) is 7.09. The number of nitrogens with one attached hydrogen (secondary N) is 1. The number of aliphatic hydroxyl groups is 1. The summed E-state index contributed by atoms with van der Waals surface area (Å²) < 4.78 is 0. The molecule has 1 aliphatic rings. The Morgan fingerprint density at radius 1 is 1.52 bits per heavy atom. The average Bonchev–Trinajstić information content (AvgIpc) is 2.92. The lowest BCUT2D eigenvalue weighted by atomic mass is 10.1. The Labute approximate surface area is 125 Å². The first-order valence-electron chi connectivity index (χ1n) is 7.31. The summed E-state index contributed by atoms with van der Waals surface area (Å²) >= 11 is 0. The molecule has 1 amide bonds. The largest absolute Gasteiger partial charge is 0.393 e. The highest BCUT2D eigenvalue weighted by Crippen LogP contribution is 2.21. The number of carbonyl (C=O) groups is 1. The van der Waals surface area contributed by atoms with E-state index in [2.05, 4.69) is 11.4 Å². The van der Waals surface area contributed by atoms with Crippen LogP contribution in [0, 0.1) is 11.3 Å². The van der Waals surface area contributed by atoms with Gasteiger partial charge in [0.1, 0.15) is 0 Å². The number of hydrogen-bond acceptors (Lipinski definition) is 4. The van der Waals surface area contributed by atoms with Crippen molar-refractivity contribution < 1.29 is 9.90 Å². The zero-order valence-electron chi connectivity index (χ0n) is 12.2. The van der Waals surface area contributed by atoms with Crippen LogP contribution in [0.3, 0.4) is 0 Å². The van der Waals surface area contributed by atoms with E-state index in [9.17, 15) is 9.90 Å². The van der Waals surface area contributed by atoms with Crippen molar-refractivity contribution in [3.63, 3.8) is 0 Å². The van der Waals surface area contributed by atoms with Gasteiger partial charge in [-0.15, -0.1) is 0 Å². The summed E-state index contributed by atoms with van der Waals surface area (Å²) in [7, 11) is 0. The number of rotatable bonds is 5. The summed E-state index contributed by atoms with van der Waals surface area (Å²) in [4.78, 5) is 14.1. The molecular formula is C16H21N3O2. The molecule has 0 saturated carbocycles. The topological polar surface area (TPSA) is 76.4 Å². The van der Waals surface area contributed by atoms with Crippen molar-refractivity contribution in [3.05, 3.63) is 29.8 Å². The molecule has 0 aliphatic carbocycles. The molecule has 1 saturated heterocycles. The number of likely N-dealkylation sites (tertiary alicyclic amines) is 1. The van der Waals surface area contributed by atoms with Crippen LogP contribution in [0.15, 0.2) is 24.3 Å². The summed E-state index contributed by atoms with van der Waals surface area (Å²) in [6.45, 7) is 2.77. The fourth-order valence-corrected chi connectivity index (χ4v) is 2.74. The van der Waals surface area contributed by atoms with E-state index in [0.29, 0.717) is 12.0 Å². The quantitative estimate of drug-likeness (QED) is 0.864. The molecule has 5 nitrogen and oxygen atoms in total. The van der Waals surface area contributed by atoms with Crippen LogP contribution in [0.4, 0.5) is 5.69 Å². The van der Waals surface area contributed by atoms with E-state index < -0.39 is 0 Å².